The molecule has 4 fully saturated rings. The Morgan fingerprint density at radius 1 is 1.05 bits per heavy atom. The Bertz CT molecular complexity index is 514. The molecule has 0 aromatic heterocycles. The Morgan fingerprint density at radius 2 is 1.57 bits per heavy atom. The minimum Gasteiger partial charge on any atom is -0.286 e. The quantitative estimate of drug-likeness (QED) is 0.831. The van der Waals surface area contributed by atoms with Crippen molar-refractivity contribution in [1.29, 1.82) is 0 Å². The molecule has 4 saturated carbocycles. The molecular weight excluding hydrogens is 280 g/mol. The van der Waals surface area contributed by atoms with Crippen LogP contribution in [0.4, 0.5) is 0 Å². The highest BCUT2D eigenvalue weighted by molar-refractivity contribution is 7.80. The molecule has 0 N–H and O–H groups in total. The standard InChI is InChI=1S/C18H24O2S/c1-13-2-4-17(5-3-13)21(19)20-12-18-9-14-6-15(10-18)8-16(7-14)11-18/h2-5,14-16H,6-12H2,1H3. The average Bonchev–Trinajstić information content (AvgIpc) is 2.44. The molecule has 0 amide bonds. The molecule has 0 spiro atoms. The third-order valence-electron chi connectivity index (χ3n) is 5.85. The fraction of sp³-hybridized carbons (Fsp3) is 0.667. The summed E-state index contributed by atoms with van der Waals surface area (Å²) >= 11 is -1.30. The van der Waals surface area contributed by atoms with Gasteiger partial charge in [0.05, 0.1) is 11.5 Å². The van der Waals surface area contributed by atoms with E-state index in [1.807, 2.05) is 31.2 Å². The van der Waals surface area contributed by atoms with E-state index in [-0.39, 0.29) is 0 Å². The summed E-state index contributed by atoms with van der Waals surface area (Å²) in [6, 6.07) is 7.85. The zero-order valence-electron chi connectivity index (χ0n) is 12.7. The van der Waals surface area contributed by atoms with Crippen LogP contribution in [0.25, 0.3) is 0 Å². The molecule has 0 saturated heterocycles. The van der Waals surface area contributed by atoms with Crippen LogP contribution in [-0.4, -0.2) is 10.8 Å². The Hall–Kier alpha value is -0.670. The molecule has 1 aromatic carbocycles. The van der Waals surface area contributed by atoms with Crippen LogP contribution in [0.15, 0.2) is 29.2 Å². The average molecular weight is 304 g/mol. The summed E-state index contributed by atoms with van der Waals surface area (Å²) in [7, 11) is 0. The fourth-order valence-corrected chi connectivity index (χ4v) is 6.21. The Balaban J connectivity index is 1.42. The molecule has 2 nitrogen and oxygen atoms in total. The normalized spacial score (nSPS) is 38.6. The maximum atomic E-state index is 12.3. The minimum atomic E-state index is -1.30. The van der Waals surface area contributed by atoms with E-state index in [2.05, 4.69) is 0 Å². The van der Waals surface area contributed by atoms with E-state index in [1.54, 1.807) is 0 Å². The molecule has 21 heavy (non-hydrogen) atoms. The highest BCUT2D eigenvalue weighted by atomic mass is 32.2. The van der Waals surface area contributed by atoms with E-state index in [4.69, 9.17) is 4.18 Å². The number of rotatable bonds is 4. The molecule has 1 unspecified atom stereocenters. The highest BCUT2D eigenvalue weighted by Crippen LogP contribution is 2.60. The molecule has 3 heteroatoms. The molecule has 1 atom stereocenters. The monoisotopic (exact) mass is 304 g/mol. The van der Waals surface area contributed by atoms with E-state index in [9.17, 15) is 4.21 Å². The van der Waals surface area contributed by atoms with Crippen LogP contribution in [0.3, 0.4) is 0 Å². The lowest BCUT2D eigenvalue weighted by Crippen LogP contribution is -2.48. The molecule has 5 rings (SSSR count). The van der Waals surface area contributed by atoms with E-state index in [0.717, 1.165) is 22.6 Å². The summed E-state index contributed by atoms with van der Waals surface area (Å²) in [5.74, 6) is 2.77. The molecule has 4 bridgehead atoms. The summed E-state index contributed by atoms with van der Waals surface area (Å²) < 4.78 is 18.2. The lowest BCUT2D eigenvalue weighted by atomic mass is 9.50. The Morgan fingerprint density at radius 3 is 2.10 bits per heavy atom. The van der Waals surface area contributed by atoms with Crippen LogP contribution in [0.2, 0.25) is 0 Å². The summed E-state index contributed by atoms with van der Waals surface area (Å²) in [5, 5.41) is 0. The van der Waals surface area contributed by atoms with Crippen LogP contribution < -0.4 is 0 Å². The first-order chi connectivity index (χ1) is 10.1. The second-order valence-corrected chi connectivity index (χ2v) is 8.90. The van der Waals surface area contributed by atoms with Gasteiger partial charge in [0.25, 0.3) is 0 Å². The SMILES string of the molecule is Cc1ccc(S(=O)OCC23CC4CC(CC(C4)C2)C3)cc1. The Kier molecular flexibility index (Phi) is 3.46. The van der Waals surface area contributed by atoms with Crippen molar-refractivity contribution in [3.63, 3.8) is 0 Å². The van der Waals surface area contributed by atoms with Crippen molar-refractivity contribution in [2.45, 2.75) is 50.3 Å². The van der Waals surface area contributed by atoms with Crippen molar-refractivity contribution in [2.75, 3.05) is 6.61 Å². The predicted octanol–water partition coefficient (Wildman–Crippen LogP) is 4.25. The van der Waals surface area contributed by atoms with Gasteiger partial charge in [0.1, 0.15) is 0 Å². The number of hydrogen-bond donors (Lipinski definition) is 0. The molecule has 4 aliphatic rings. The third-order valence-corrected chi connectivity index (χ3v) is 6.84. The van der Waals surface area contributed by atoms with Crippen molar-refractivity contribution >= 4 is 11.1 Å². The second-order valence-electron chi connectivity index (χ2n) is 7.73. The summed E-state index contributed by atoms with van der Waals surface area (Å²) in [5.41, 5.74) is 1.53. The largest absolute Gasteiger partial charge is 0.286 e. The minimum absolute atomic E-state index is 0.342. The first kappa shape index (κ1) is 14.0. The van der Waals surface area contributed by atoms with Gasteiger partial charge in [0.2, 0.25) is 0 Å². The van der Waals surface area contributed by atoms with Gasteiger partial charge in [-0.1, -0.05) is 17.7 Å². The van der Waals surface area contributed by atoms with Crippen LogP contribution in [0, 0.1) is 30.1 Å². The molecule has 0 aliphatic heterocycles. The highest BCUT2D eigenvalue weighted by Gasteiger charge is 2.51. The number of aryl methyl sites for hydroxylation is 1. The third kappa shape index (κ3) is 2.70. The van der Waals surface area contributed by atoms with Gasteiger partial charge in [0.15, 0.2) is 11.1 Å². The van der Waals surface area contributed by atoms with Crippen molar-refractivity contribution in [1.82, 2.24) is 0 Å². The first-order valence-electron chi connectivity index (χ1n) is 8.24. The lowest BCUT2D eigenvalue weighted by Gasteiger charge is -2.56. The second kappa shape index (κ2) is 5.20. The zero-order chi connectivity index (χ0) is 14.4. The van der Waals surface area contributed by atoms with Crippen molar-refractivity contribution < 1.29 is 8.39 Å². The van der Waals surface area contributed by atoms with Crippen LogP contribution in [0.1, 0.15) is 44.1 Å². The van der Waals surface area contributed by atoms with E-state index < -0.39 is 11.1 Å². The van der Waals surface area contributed by atoms with Gasteiger partial charge in [-0.2, -0.15) is 0 Å². The van der Waals surface area contributed by atoms with Crippen LogP contribution in [0.5, 0.6) is 0 Å². The van der Waals surface area contributed by atoms with Gasteiger partial charge in [-0.05, 0) is 80.8 Å². The van der Waals surface area contributed by atoms with Gasteiger partial charge in [0, 0.05) is 0 Å². The summed E-state index contributed by atoms with van der Waals surface area (Å²) in [6.45, 7) is 2.74. The van der Waals surface area contributed by atoms with Gasteiger partial charge < -0.3 is 0 Å². The molecule has 1 aromatic rings. The fourth-order valence-electron chi connectivity index (χ4n) is 5.36. The van der Waals surface area contributed by atoms with Gasteiger partial charge in [-0.25, -0.2) is 4.21 Å². The van der Waals surface area contributed by atoms with Crippen LogP contribution in [-0.2, 0) is 15.3 Å². The lowest BCUT2D eigenvalue weighted by molar-refractivity contribution is -0.0726. The van der Waals surface area contributed by atoms with E-state index >= 15 is 0 Å². The van der Waals surface area contributed by atoms with E-state index in [1.165, 1.54) is 44.1 Å². The molecular formula is C18H24O2S. The van der Waals surface area contributed by atoms with Gasteiger partial charge in [-0.3, -0.25) is 4.18 Å². The van der Waals surface area contributed by atoms with Crippen molar-refractivity contribution in [3.8, 4) is 0 Å². The first-order valence-corrected chi connectivity index (χ1v) is 9.31. The molecule has 0 heterocycles. The van der Waals surface area contributed by atoms with Crippen molar-refractivity contribution in [2.24, 2.45) is 23.2 Å². The summed E-state index contributed by atoms with van der Waals surface area (Å²) in [6.07, 6.45) is 8.26. The number of benzene rings is 1. The topological polar surface area (TPSA) is 26.3 Å². The predicted molar refractivity (Wildman–Crippen MR) is 84.1 cm³/mol. The number of hydrogen-bond acceptors (Lipinski definition) is 2. The molecule has 4 aliphatic carbocycles. The Labute approximate surface area is 129 Å². The van der Waals surface area contributed by atoms with Crippen molar-refractivity contribution in [3.05, 3.63) is 29.8 Å². The van der Waals surface area contributed by atoms with Crippen LogP contribution >= 0.6 is 0 Å². The van der Waals surface area contributed by atoms with Gasteiger partial charge in [-0.15, -0.1) is 0 Å². The molecule has 114 valence electrons. The maximum absolute atomic E-state index is 12.3. The molecule has 0 radical (unpaired) electrons. The van der Waals surface area contributed by atoms with E-state index in [0.29, 0.717) is 12.0 Å². The summed E-state index contributed by atoms with van der Waals surface area (Å²) in [4.78, 5) is 0.797. The smallest absolute Gasteiger partial charge is 0.189 e. The van der Waals surface area contributed by atoms with Gasteiger partial charge >= 0.3 is 0 Å². The maximum Gasteiger partial charge on any atom is 0.189 e. The zero-order valence-corrected chi connectivity index (χ0v) is 13.5.